The van der Waals surface area contributed by atoms with Crippen molar-refractivity contribution in [1.29, 1.82) is 0 Å². The number of hydrogen-bond donors (Lipinski definition) is 1. The first kappa shape index (κ1) is 14.9. The molecule has 5 heteroatoms. The largest absolute Gasteiger partial charge is 0.324 e. The molecule has 0 fully saturated rings. The Hall–Kier alpha value is -0.530. The van der Waals surface area contributed by atoms with Crippen LogP contribution in [0.2, 0.25) is 0 Å². The highest BCUT2D eigenvalue weighted by atomic mass is 127. The number of halogens is 2. The zero-order valence-electron chi connectivity index (χ0n) is 9.90. The molecule has 0 saturated heterocycles. The van der Waals surface area contributed by atoms with Crippen molar-refractivity contribution in [2.24, 2.45) is 0 Å². The van der Waals surface area contributed by atoms with Crippen LogP contribution in [-0.4, -0.2) is 11.7 Å². The summed E-state index contributed by atoms with van der Waals surface area (Å²) in [5.41, 5.74) is 0.811. The Morgan fingerprint density at radius 2 is 1.95 bits per heavy atom. The quantitative estimate of drug-likeness (QED) is 0.539. The number of rotatable bonds is 4. The predicted molar refractivity (Wildman–Crippen MR) is 92.7 cm³/mol. The molecule has 2 nitrogen and oxygen atoms in total. The van der Waals surface area contributed by atoms with E-state index in [9.17, 15) is 4.79 Å². The number of hydrogen-bond acceptors (Lipinski definition) is 2. The number of benzene rings is 2. The number of anilines is 1. The van der Waals surface area contributed by atoms with Crippen LogP contribution in [0.25, 0.3) is 0 Å². The highest BCUT2D eigenvalue weighted by Gasteiger charge is 2.06. The maximum absolute atomic E-state index is 11.9. The second-order valence-electron chi connectivity index (χ2n) is 3.77. The Balaban J connectivity index is 1.93. The minimum Gasteiger partial charge on any atom is -0.324 e. The lowest BCUT2D eigenvalue weighted by Crippen LogP contribution is -2.14. The minimum absolute atomic E-state index is 0.00319. The number of carbonyl (C=O) groups is 1. The topological polar surface area (TPSA) is 29.1 Å². The Labute approximate surface area is 138 Å². The van der Waals surface area contributed by atoms with Crippen LogP contribution < -0.4 is 5.32 Å². The predicted octanol–water partition coefficient (Wildman–Crippen LogP) is 4.78. The van der Waals surface area contributed by atoms with Gasteiger partial charge in [0.2, 0.25) is 5.91 Å². The first-order valence-corrected chi connectivity index (χ1v) is 8.43. The summed E-state index contributed by atoms with van der Waals surface area (Å²) in [5, 5.41) is 2.91. The zero-order chi connectivity index (χ0) is 13.7. The summed E-state index contributed by atoms with van der Waals surface area (Å²) in [6, 6.07) is 15.8. The van der Waals surface area contributed by atoms with Gasteiger partial charge in [0.1, 0.15) is 0 Å². The van der Waals surface area contributed by atoms with Gasteiger partial charge in [-0.1, -0.05) is 18.2 Å². The van der Waals surface area contributed by atoms with E-state index in [4.69, 9.17) is 0 Å². The van der Waals surface area contributed by atoms with Crippen molar-refractivity contribution in [3.05, 3.63) is 56.6 Å². The van der Waals surface area contributed by atoms with E-state index in [1.807, 2.05) is 48.5 Å². The van der Waals surface area contributed by atoms with Gasteiger partial charge in [-0.05, 0) is 68.9 Å². The van der Waals surface area contributed by atoms with Crippen LogP contribution in [0.5, 0.6) is 0 Å². The van der Waals surface area contributed by atoms with Gasteiger partial charge in [-0.2, -0.15) is 0 Å². The lowest BCUT2D eigenvalue weighted by Gasteiger charge is -2.07. The van der Waals surface area contributed by atoms with Crippen LogP contribution >= 0.6 is 50.3 Å². The van der Waals surface area contributed by atoms with Crippen LogP contribution in [0.4, 0.5) is 5.69 Å². The molecule has 2 aromatic rings. The highest BCUT2D eigenvalue weighted by Crippen LogP contribution is 2.25. The molecule has 2 rings (SSSR count). The second-order valence-corrected chi connectivity index (χ2v) is 6.92. The van der Waals surface area contributed by atoms with E-state index in [-0.39, 0.29) is 5.91 Å². The first-order chi connectivity index (χ1) is 9.15. The molecule has 0 unspecified atom stereocenters. The molecule has 0 aliphatic heterocycles. The standard InChI is InChI=1S/C14H11BrINOS/c15-12-7-6-10(16)8-13(12)17-14(18)9-19-11-4-2-1-3-5-11/h1-8H,9H2,(H,17,18). The number of carbonyl (C=O) groups excluding carboxylic acids is 1. The molecule has 0 radical (unpaired) electrons. The van der Waals surface area contributed by atoms with Crippen molar-refractivity contribution >= 4 is 61.9 Å². The number of nitrogens with one attached hydrogen (secondary N) is 1. The van der Waals surface area contributed by atoms with Gasteiger partial charge in [-0.25, -0.2) is 0 Å². The second kappa shape index (κ2) is 7.31. The SMILES string of the molecule is O=C(CSc1ccccc1)Nc1cc(I)ccc1Br. The summed E-state index contributed by atoms with van der Waals surface area (Å²) in [6.07, 6.45) is 0. The van der Waals surface area contributed by atoms with Crippen LogP contribution in [0.1, 0.15) is 0 Å². The van der Waals surface area contributed by atoms with Crippen LogP contribution in [-0.2, 0) is 4.79 Å². The molecular weight excluding hydrogens is 437 g/mol. The van der Waals surface area contributed by atoms with E-state index < -0.39 is 0 Å². The third kappa shape index (κ3) is 4.81. The normalized spacial score (nSPS) is 10.2. The van der Waals surface area contributed by atoms with E-state index in [1.54, 1.807) is 0 Å². The molecule has 1 amide bonds. The maximum Gasteiger partial charge on any atom is 0.234 e. The van der Waals surface area contributed by atoms with Gasteiger partial charge in [0, 0.05) is 12.9 Å². The monoisotopic (exact) mass is 447 g/mol. The third-order valence-electron chi connectivity index (χ3n) is 2.32. The molecule has 19 heavy (non-hydrogen) atoms. The molecule has 0 saturated carbocycles. The molecule has 2 aromatic carbocycles. The van der Waals surface area contributed by atoms with Gasteiger partial charge in [-0.3, -0.25) is 4.79 Å². The van der Waals surface area contributed by atoms with E-state index in [0.717, 1.165) is 18.6 Å². The Morgan fingerprint density at radius 1 is 1.21 bits per heavy atom. The van der Waals surface area contributed by atoms with E-state index in [2.05, 4.69) is 43.8 Å². The lowest BCUT2D eigenvalue weighted by atomic mass is 10.3. The Bertz CT molecular complexity index is 577. The van der Waals surface area contributed by atoms with Crippen molar-refractivity contribution < 1.29 is 4.79 Å². The smallest absolute Gasteiger partial charge is 0.234 e. The van der Waals surface area contributed by atoms with Crippen molar-refractivity contribution in [1.82, 2.24) is 0 Å². The fourth-order valence-corrected chi connectivity index (χ4v) is 3.00. The zero-order valence-corrected chi connectivity index (χ0v) is 14.5. The van der Waals surface area contributed by atoms with E-state index >= 15 is 0 Å². The van der Waals surface area contributed by atoms with Gasteiger partial charge in [-0.15, -0.1) is 11.8 Å². The molecule has 0 heterocycles. The molecule has 98 valence electrons. The van der Waals surface area contributed by atoms with Crippen molar-refractivity contribution in [3.63, 3.8) is 0 Å². The fraction of sp³-hybridized carbons (Fsp3) is 0.0714. The van der Waals surface area contributed by atoms with Gasteiger partial charge in [0.25, 0.3) is 0 Å². The minimum atomic E-state index is -0.00319. The molecular formula is C14H11BrINOS. The van der Waals surface area contributed by atoms with E-state index in [0.29, 0.717) is 5.75 Å². The van der Waals surface area contributed by atoms with Crippen molar-refractivity contribution in [2.45, 2.75) is 4.90 Å². The fourth-order valence-electron chi connectivity index (χ4n) is 1.45. The van der Waals surface area contributed by atoms with Crippen molar-refractivity contribution in [2.75, 3.05) is 11.1 Å². The molecule has 0 spiro atoms. The Morgan fingerprint density at radius 3 is 2.68 bits per heavy atom. The summed E-state index contributed by atoms with van der Waals surface area (Å²) in [6.45, 7) is 0. The third-order valence-corrected chi connectivity index (χ3v) is 4.69. The summed E-state index contributed by atoms with van der Waals surface area (Å²) in [4.78, 5) is 13.0. The molecule has 0 atom stereocenters. The van der Waals surface area contributed by atoms with Crippen LogP contribution in [0.3, 0.4) is 0 Å². The summed E-state index contributed by atoms with van der Waals surface area (Å²) in [7, 11) is 0. The van der Waals surface area contributed by atoms with Gasteiger partial charge in [0.15, 0.2) is 0 Å². The average Bonchev–Trinajstić information content (AvgIpc) is 2.42. The number of thioether (sulfide) groups is 1. The van der Waals surface area contributed by atoms with Crippen LogP contribution in [0.15, 0.2) is 57.9 Å². The van der Waals surface area contributed by atoms with Gasteiger partial charge >= 0.3 is 0 Å². The van der Waals surface area contributed by atoms with E-state index in [1.165, 1.54) is 11.8 Å². The summed E-state index contributed by atoms with van der Waals surface area (Å²) >= 11 is 7.18. The Kier molecular flexibility index (Phi) is 5.72. The number of amides is 1. The molecule has 0 aromatic heterocycles. The van der Waals surface area contributed by atoms with Crippen LogP contribution in [0, 0.1) is 3.57 Å². The lowest BCUT2D eigenvalue weighted by molar-refractivity contribution is -0.113. The molecule has 0 bridgehead atoms. The molecule has 1 N–H and O–H groups in total. The first-order valence-electron chi connectivity index (χ1n) is 5.58. The van der Waals surface area contributed by atoms with Gasteiger partial charge in [0.05, 0.1) is 11.4 Å². The molecule has 0 aliphatic carbocycles. The van der Waals surface area contributed by atoms with Gasteiger partial charge < -0.3 is 5.32 Å². The average molecular weight is 448 g/mol. The highest BCUT2D eigenvalue weighted by molar-refractivity contribution is 14.1. The summed E-state index contributed by atoms with van der Waals surface area (Å²) < 4.78 is 1.98. The maximum atomic E-state index is 11.9. The summed E-state index contributed by atoms with van der Waals surface area (Å²) in [5.74, 6) is 0.401. The molecule has 0 aliphatic rings. The van der Waals surface area contributed by atoms with Crippen molar-refractivity contribution in [3.8, 4) is 0 Å².